The van der Waals surface area contributed by atoms with Gasteiger partial charge in [-0.1, -0.05) is 17.2 Å². The molecule has 0 aliphatic carbocycles. The Hall–Kier alpha value is -1.35. The number of nitrogens with one attached hydrogen (secondary N) is 1. The molecule has 0 aliphatic rings. The molecule has 1 aromatic rings. The van der Waals surface area contributed by atoms with Crippen molar-refractivity contribution in [3.05, 3.63) is 34.9 Å². The van der Waals surface area contributed by atoms with Crippen LogP contribution in [0, 0.1) is 13.8 Å². The van der Waals surface area contributed by atoms with E-state index in [1.54, 1.807) is 7.05 Å². The number of benzene rings is 1. The number of nitrogens with two attached hydrogens (primary N) is 1. The maximum absolute atomic E-state index is 5.33. The Morgan fingerprint density at radius 2 is 1.77 bits per heavy atom. The molecule has 0 radical (unpaired) electrons. The van der Waals surface area contributed by atoms with Gasteiger partial charge >= 0.3 is 0 Å². The second kappa shape index (κ2) is 4.05. The molecule has 0 unspecified atom stereocenters. The van der Waals surface area contributed by atoms with E-state index in [-0.39, 0.29) is 0 Å². The van der Waals surface area contributed by atoms with Crippen molar-refractivity contribution in [2.75, 3.05) is 7.05 Å². The van der Waals surface area contributed by atoms with Gasteiger partial charge in [0.25, 0.3) is 0 Å². The Bertz CT molecular complexity index is 309. The number of aliphatic imine (C=N–C) groups is 1. The molecular weight excluding hydrogens is 162 g/mol. The monoisotopic (exact) mass is 177 g/mol. The summed E-state index contributed by atoms with van der Waals surface area (Å²) < 4.78 is 0. The lowest BCUT2D eigenvalue weighted by molar-refractivity contribution is 1.02. The Morgan fingerprint density at radius 3 is 2.15 bits per heavy atom. The van der Waals surface area contributed by atoms with Crippen LogP contribution in [-0.4, -0.2) is 12.9 Å². The molecular formula is C10H15N3. The number of rotatable bonds is 1. The molecule has 0 saturated heterocycles. The smallest absolute Gasteiger partial charge is 0.142 e. The van der Waals surface area contributed by atoms with E-state index in [4.69, 9.17) is 5.84 Å². The highest BCUT2D eigenvalue weighted by atomic mass is 15.2. The standard InChI is InChI=1S/C10H15N3/c1-7-4-8(2)6-9(5-7)10(12-3)13-11/h4-6H,11H2,1-3H3,(H,12,13). The van der Waals surface area contributed by atoms with E-state index in [2.05, 4.69) is 42.5 Å². The van der Waals surface area contributed by atoms with Gasteiger partial charge in [-0.15, -0.1) is 0 Å². The van der Waals surface area contributed by atoms with Gasteiger partial charge in [-0.25, -0.2) is 5.84 Å². The zero-order valence-corrected chi connectivity index (χ0v) is 8.26. The molecule has 1 rings (SSSR count). The predicted octanol–water partition coefficient (Wildman–Crippen LogP) is 1.14. The predicted molar refractivity (Wildman–Crippen MR) is 55.7 cm³/mol. The average molecular weight is 177 g/mol. The zero-order valence-electron chi connectivity index (χ0n) is 8.26. The Balaban J connectivity index is 3.14. The van der Waals surface area contributed by atoms with E-state index >= 15 is 0 Å². The maximum Gasteiger partial charge on any atom is 0.142 e. The fourth-order valence-corrected chi connectivity index (χ4v) is 1.39. The van der Waals surface area contributed by atoms with E-state index in [0.29, 0.717) is 5.84 Å². The number of aryl methyl sites for hydroxylation is 2. The van der Waals surface area contributed by atoms with Gasteiger partial charge in [0.05, 0.1) is 0 Å². The topological polar surface area (TPSA) is 50.4 Å². The number of hydrogen-bond donors (Lipinski definition) is 2. The first kappa shape index (κ1) is 9.74. The molecule has 0 fully saturated rings. The molecule has 3 heteroatoms. The molecule has 13 heavy (non-hydrogen) atoms. The molecule has 1 aromatic carbocycles. The summed E-state index contributed by atoms with van der Waals surface area (Å²) in [7, 11) is 1.72. The third-order valence-electron chi connectivity index (χ3n) is 1.86. The van der Waals surface area contributed by atoms with Crippen molar-refractivity contribution in [1.82, 2.24) is 5.43 Å². The van der Waals surface area contributed by atoms with Gasteiger partial charge in [0.1, 0.15) is 5.84 Å². The van der Waals surface area contributed by atoms with Gasteiger partial charge < -0.3 is 5.43 Å². The van der Waals surface area contributed by atoms with Crippen molar-refractivity contribution in [1.29, 1.82) is 0 Å². The van der Waals surface area contributed by atoms with Crippen LogP contribution < -0.4 is 11.3 Å². The van der Waals surface area contributed by atoms with Crippen LogP contribution in [0.5, 0.6) is 0 Å². The van der Waals surface area contributed by atoms with Crippen LogP contribution >= 0.6 is 0 Å². The molecule has 3 N–H and O–H groups in total. The third kappa shape index (κ3) is 2.29. The molecule has 70 valence electrons. The van der Waals surface area contributed by atoms with Crippen LogP contribution in [0.25, 0.3) is 0 Å². The molecule has 0 spiro atoms. The number of hydrazine groups is 1. The SMILES string of the molecule is CN=C(NN)c1cc(C)cc(C)c1. The van der Waals surface area contributed by atoms with Crippen molar-refractivity contribution in [3.63, 3.8) is 0 Å². The Kier molecular flexibility index (Phi) is 3.03. The first-order valence-electron chi connectivity index (χ1n) is 4.19. The summed E-state index contributed by atoms with van der Waals surface area (Å²) in [5.74, 6) is 6.05. The first-order valence-corrected chi connectivity index (χ1v) is 4.19. The summed E-state index contributed by atoms with van der Waals surface area (Å²) >= 11 is 0. The quantitative estimate of drug-likeness (QED) is 0.292. The molecule has 0 bridgehead atoms. The lowest BCUT2D eigenvalue weighted by Gasteiger charge is -2.06. The minimum Gasteiger partial charge on any atom is -0.308 e. The van der Waals surface area contributed by atoms with Gasteiger partial charge in [0.2, 0.25) is 0 Å². The second-order valence-corrected chi connectivity index (χ2v) is 3.09. The van der Waals surface area contributed by atoms with Crippen molar-refractivity contribution < 1.29 is 0 Å². The van der Waals surface area contributed by atoms with E-state index in [1.165, 1.54) is 11.1 Å². The molecule has 0 aliphatic heterocycles. The summed E-state index contributed by atoms with van der Waals surface area (Å²) in [6, 6.07) is 6.22. The zero-order chi connectivity index (χ0) is 9.84. The van der Waals surface area contributed by atoms with E-state index in [1.807, 2.05) is 0 Å². The van der Waals surface area contributed by atoms with Crippen LogP contribution in [0.15, 0.2) is 23.2 Å². The highest BCUT2D eigenvalue weighted by Gasteiger charge is 2.01. The highest BCUT2D eigenvalue weighted by Crippen LogP contribution is 2.08. The van der Waals surface area contributed by atoms with Crippen LogP contribution in [0.2, 0.25) is 0 Å². The van der Waals surface area contributed by atoms with Gasteiger partial charge in [-0.05, 0) is 26.0 Å². The first-order chi connectivity index (χ1) is 6.17. The van der Waals surface area contributed by atoms with Crippen molar-refractivity contribution in [3.8, 4) is 0 Å². The largest absolute Gasteiger partial charge is 0.308 e. The molecule has 0 atom stereocenters. The molecule has 3 nitrogen and oxygen atoms in total. The lowest BCUT2D eigenvalue weighted by atomic mass is 10.1. The third-order valence-corrected chi connectivity index (χ3v) is 1.86. The fourth-order valence-electron chi connectivity index (χ4n) is 1.39. The normalized spacial score (nSPS) is 11.5. The minimum atomic E-state index is 0.715. The van der Waals surface area contributed by atoms with Crippen LogP contribution in [0.4, 0.5) is 0 Å². The van der Waals surface area contributed by atoms with E-state index in [9.17, 15) is 0 Å². The maximum atomic E-state index is 5.33. The fraction of sp³-hybridized carbons (Fsp3) is 0.300. The van der Waals surface area contributed by atoms with Crippen LogP contribution in [0.1, 0.15) is 16.7 Å². The summed E-state index contributed by atoms with van der Waals surface area (Å²) in [6.07, 6.45) is 0. The van der Waals surface area contributed by atoms with Crippen molar-refractivity contribution in [2.24, 2.45) is 10.8 Å². The highest BCUT2D eigenvalue weighted by molar-refractivity contribution is 5.98. The summed E-state index contributed by atoms with van der Waals surface area (Å²) in [6.45, 7) is 4.11. The Labute approximate surface area is 78.6 Å². The van der Waals surface area contributed by atoms with Gasteiger partial charge in [-0.2, -0.15) is 0 Å². The lowest BCUT2D eigenvalue weighted by Crippen LogP contribution is -2.31. The molecule has 0 heterocycles. The molecule has 0 aromatic heterocycles. The average Bonchev–Trinajstić information content (AvgIpc) is 2.04. The van der Waals surface area contributed by atoms with Gasteiger partial charge in [0, 0.05) is 12.6 Å². The van der Waals surface area contributed by atoms with Gasteiger partial charge in [0.15, 0.2) is 0 Å². The number of nitrogens with zero attached hydrogens (tertiary/aromatic N) is 1. The summed E-state index contributed by atoms with van der Waals surface area (Å²) in [5.41, 5.74) is 6.03. The van der Waals surface area contributed by atoms with Gasteiger partial charge in [-0.3, -0.25) is 4.99 Å². The number of amidine groups is 1. The van der Waals surface area contributed by atoms with E-state index < -0.39 is 0 Å². The van der Waals surface area contributed by atoms with Crippen molar-refractivity contribution >= 4 is 5.84 Å². The van der Waals surface area contributed by atoms with Crippen LogP contribution in [-0.2, 0) is 0 Å². The molecule has 0 saturated carbocycles. The second-order valence-electron chi connectivity index (χ2n) is 3.09. The van der Waals surface area contributed by atoms with Crippen LogP contribution in [0.3, 0.4) is 0 Å². The number of hydrogen-bond acceptors (Lipinski definition) is 2. The molecule has 0 amide bonds. The minimum absolute atomic E-state index is 0.715. The van der Waals surface area contributed by atoms with Crippen molar-refractivity contribution in [2.45, 2.75) is 13.8 Å². The van der Waals surface area contributed by atoms with E-state index in [0.717, 1.165) is 5.56 Å². The summed E-state index contributed by atoms with van der Waals surface area (Å²) in [5, 5.41) is 0. The summed E-state index contributed by atoms with van der Waals surface area (Å²) in [4.78, 5) is 4.04. The Morgan fingerprint density at radius 1 is 1.23 bits per heavy atom.